The van der Waals surface area contributed by atoms with Crippen LogP contribution in [-0.2, 0) is 4.84 Å². The van der Waals surface area contributed by atoms with Crippen LogP contribution in [0.2, 0.25) is 0 Å². The van der Waals surface area contributed by atoms with E-state index in [1.165, 1.54) is 17.4 Å². The molecule has 148 valence electrons. The van der Waals surface area contributed by atoms with E-state index in [0.29, 0.717) is 15.2 Å². The summed E-state index contributed by atoms with van der Waals surface area (Å²) >= 11 is 3.24. The largest absolute Gasteiger partial charge is 0.394 e. The van der Waals surface area contributed by atoms with Gasteiger partial charge >= 0.3 is 0 Å². The number of hydrogen-bond donors (Lipinski definition) is 4. The molecule has 0 fully saturated rings. The van der Waals surface area contributed by atoms with Crippen LogP contribution in [0, 0.1) is 16.3 Å². The molecule has 28 heavy (non-hydrogen) atoms. The monoisotopic (exact) mass is 517 g/mol. The minimum atomic E-state index is -1.11. The maximum atomic E-state index is 14.3. The van der Waals surface area contributed by atoms with Gasteiger partial charge in [0.1, 0.15) is 28.4 Å². The van der Waals surface area contributed by atoms with E-state index < -0.39 is 24.4 Å². The first kappa shape index (κ1) is 20.9. The number of halogens is 2. The summed E-state index contributed by atoms with van der Waals surface area (Å²) in [4.78, 5) is 22.6. The number of carbonyl (C=O) groups is 1. The van der Waals surface area contributed by atoms with Crippen LogP contribution in [-0.4, -0.2) is 40.4 Å². The van der Waals surface area contributed by atoms with Crippen LogP contribution < -0.4 is 10.8 Å². The molecule has 0 bridgehead atoms. The standard InChI is InChI=1S/C18H17FIN3O4S/c1-9-4-5-21-17-14(9)15(16(26)23-27-8-11(25)7-24)18(28-17)22-13-3-2-10(20)6-12(13)19/h2-6,11,22,24-25H,7-8H2,1H3,(H,23,26)/t11-/m1/s1. The molecule has 0 aliphatic rings. The van der Waals surface area contributed by atoms with Gasteiger partial charge in [0.2, 0.25) is 0 Å². The van der Waals surface area contributed by atoms with Crippen molar-refractivity contribution in [2.75, 3.05) is 18.5 Å². The van der Waals surface area contributed by atoms with E-state index in [-0.39, 0.29) is 17.9 Å². The number of hydrogen-bond acceptors (Lipinski definition) is 7. The number of nitrogens with zero attached hydrogens (tertiary/aromatic N) is 1. The number of rotatable bonds is 7. The second kappa shape index (κ2) is 9.09. The van der Waals surface area contributed by atoms with Crippen molar-refractivity contribution < 1.29 is 24.2 Å². The molecule has 0 saturated carbocycles. The fourth-order valence-electron chi connectivity index (χ4n) is 2.50. The lowest BCUT2D eigenvalue weighted by Crippen LogP contribution is -2.30. The molecule has 1 amide bonds. The Balaban J connectivity index is 1.96. The normalized spacial score (nSPS) is 12.2. The Morgan fingerprint density at radius 3 is 2.93 bits per heavy atom. The fraction of sp³-hybridized carbons (Fsp3) is 0.222. The van der Waals surface area contributed by atoms with Gasteiger partial charge < -0.3 is 15.5 Å². The molecule has 4 N–H and O–H groups in total. The van der Waals surface area contributed by atoms with E-state index >= 15 is 0 Å². The Labute approximate surface area is 177 Å². The molecule has 1 aromatic carbocycles. The lowest BCUT2D eigenvalue weighted by Gasteiger charge is -2.11. The van der Waals surface area contributed by atoms with Crippen LogP contribution in [0.15, 0.2) is 30.5 Å². The van der Waals surface area contributed by atoms with Crippen LogP contribution in [0.3, 0.4) is 0 Å². The zero-order chi connectivity index (χ0) is 20.3. The molecule has 0 unspecified atom stereocenters. The summed E-state index contributed by atoms with van der Waals surface area (Å²) in [6.45, 7) is 1.09. The molecule has 0 spiro atoms. The van der Waals surface area contributed by atoms with Crippen LogP contribution in [0.1, 0.15) is 15.9 Å². The number of pyridine rings is 1. The average Bonchev–Trinajstić information content (AvgIpc) is 3.03. The van der Waals surface area contributed by atoms with Gasteiger partial charge in [-0.05, 0) is 59.3 Å². The average molecular weight is 517 g/mol. The molecule has 2 aromatic heterocycles. The van der Waals surface area contributed by atoms with Gasteiger partial charge in [0, 0.05) is 15.2 Å². The first-order valence-electron chi connectivity index (χ1n) is 8.22. The Morgan fingerprint density at radius 1 is 1.43 bits per heavy atom. The summed E-state index contributed by atoms with van der Waals surface area (Å²) in [6, 6.07) is 6.51. The molecule has 0 aliphatic carbocycles. The number of aliphatic hydroxyl groups excluding tert-OH is 2. The van der Waals surface area contributed by atoms with E-state index in [2.05, 4.69) is 15.8 Å². The number of aromatic nitrogens is 1. The molecule has 3 rings (SSSR count). The van der Waals surface area contributed by atoms with Gasteiger partial charge in [0.05, 0.1) is 17.9 Å². The summed E-state index contributed by atoms with van der Waals surface area (Å²) in [7, 11) is 0. The summed E-state index contributed by atoms with van der Waals surface area (Å²) < 4.78 is 15.0. The Morgan fingerprint density at radius 2 is 2.21 bits per heavy atom. The summed E-state index contributed by atoms with van der Waals surface area (Å²) in [5.41, 5.74) is 3.58. The second-order valence-electron chi connectivity index (χ2n) is 5.94. The number of carbonyl (C=O) groups excluding carboxylic acids is 1. The van der Waals surface area contributed by atoms with Crippen molar-refractivity contribution >= 4 is 60.7 Å². The highest BCUT2D eigenvalue weighted by atomic mass is 127. The minimum Gasteiger partial charge on any atom is -0.394 e. The first-order valence-corrected chi connectivity index (χ1v) is 10.1. The zero-order valence-electron chi connectivity index (χ0n) is 14.7. The molecule has 10 heteroatoms. The fourth-order valence-corrected chi connectivity index (χ4v) is 4.08. The third kappa shape index (κ3) is 4.58. The van der Waals surface area contributed by atoms with Gasteiger partial charge in [-0.1, -0.05) is 11.3 Å². The third-order valence-electron chi connectivity index (χ3n) is 3.86. The number of anilines is 2. The number of amides is 1. The number of hydroxylamine groups is 1. The van der Waals surface area contributed by atoms with Gasteiger partial charge in [0.15, 0.2) is 0 Å². The third-order valence-corrected chi connectivity index (χ3v) is 5.54. The molecular formula is C18H17FIN3O4S. The Bertz CT molecular complexity index is 1010. The zero-order valence-corrected chi connectivity index (χ0v) is 17.7. The maximum Gasteiger partial charge on any atom is 0.278 e. The maximum absolute atomic E-state index is 14.3. The van der Waals surface area contributed by atoms with Crippen molar-refractivity contribution in [2.24, 2.45) is 0 Å². The first-order chi connectivity index (χ1) is 13.4. The quantitative estimate of drug-likeness (QED) is 0.284. The number of fused-ring (bicyclic) bond motifs is 1. The van der Waals surface area contributed by atoms with Gasteiger partial charge in [-0.15, -0.1) is 0 Å². The van der Waals surface area contributed by atoms with Crippen molar-refractivity contribution in [1.82, 2.24) is 10.5 Å². The Kier molecular flexibility index (Phi) is 6.78. The highest BCUT2D eigenvalue weighted by molar-refractivity contribution is 14.1. The number of aryl methyl sites for hydroxylation is 1. The minimum absolute atomic E-state index is 0.232. The highest BCUT2D eigenvalue weighted by Gasteiger charge is 2.22. The SMILES string of the molecule is Cc1ccnc2sc(Nc3ccc(I)cc3F)c(C(=O)NOC[C@H](O)CO)c12. The summed E-state index contributed by atoms with van der Waals surface area (Å²) in [5, 5.41) is 22.2. The Hall–Kier alpha value is -1.86. The molecule has 0 radical (unpaired) electrons. The number of aliphatic hydroxyl groups is 2. The summed E-state index contributed by atoms with van der Waals surface area (Å²) in [5.74, 6) is -1.01. The van der Waals surface area contributed by atoms with Crippen LogP contribution in [0.4, 0.5) is 15.1 Å². The van der Waals surface area contributed by atoms with Crippen molar-refractivity contribution in [1.29, 1.82) is 0 Å². The van der Waals surface area contributed by atoms with Crippen molar-refractivity contribution in [3.8, 4) is 0 Å². The van der Waals surface area contributed by atoms with Crippen LogP contribution in [0.25, 0.3) is 10.2 Å². The van der Waals surface area contributed by atoms with Crippen molar-refractivity contribution in [2.45, 2.75) is 13.0 Å². The van der Waals surface area contributed by atoms with Gasteiger partial charge in [-0.2, -0.15) is 0 Å². The number of nitrogens with one attached hydrogen (secondary N) is 2. The van der Waals surface area contributed by atoms with Gasteiger partial charge in [0.25, 0.3) is 5.91 Å². The number of thiophene rings is 1. The molecule has 3 aromatic rings. The number of benzene rings is 1. The molecule has 7 nitrogen and oxygen atoms in total. The lowest BCUT2D eigenvalue weighted by atomic mass is 10.1. The molecule has 2 heterocycles. The highest BCUT2D eigenvalue weighted by Crippen LogP contribution is 2.38. The summed E-state index contributed by atoms with van der Waals surface area (Å²) in [6.07, 6.45) is 0.528. The topological polar surface area (TPSA) is 104 Å². The lowest BCUT2D eigenvalue weighted by molar-refractivity contribution is -0.0294. The van der Waals surface area contributed by atoms with Crippen LogP contribution in [0.5, 0.6) is 0 Å². The predicted molar refractivity (Wildman–Crippen MR) is 113 cm³/mol. The van der Waals surface area contributed by atoms with Gasteiger partial charge in [-0.25, -0.2) is 14.9 Å². The second-order valence-corrected chi connectivity index (χ2v) is 8.19. The predicted octanol–water partition coefficient (Wildman–Crippen LogP) is 3.11. The van der Waals surface area contributed by atoms with E-state index in [1.54, 1.807) is 24.4 Å². The molecular weight excluding hydrogens is 500 g/mol. The van der Waals surface area contributed by atoms with E-state index in [9.17, 15) is 14.3 Å². The van der Waals surface area contributed by atoms with Crippen LogP contribution >= 0.6 is 33.9 Å². The van der Waals surface area contributed by atoms with E-state index in [4.69, 9.17) is 9.94 Å². The van der Waals surface area contributed by atoms with Crippen molar-refractivity contribution in [3.05, 3.63) is 51.0 Å². The molecule has 0 saturated heterocycles. The van der Waals surface area contributed by atoms with Gasteiger partial charge in [-0.3, -0.25) is 9.63 Å². The van der Waals surface area contributed by atoms with Crippen molar-refractivity contribution in [3.63, 3.8) is 0 Å². The molecule has 0 aliphatic heterocycles. The molecule has 1 atom stereocenters. The van der Waals surface area contributed by atoms with E-state index in [1.807, 2.05) is 29.5 Å². The smallest absolute Gasteiger partial charge is 0.278 e. The van der Waals surface area contributed by atoms with E-state index in [0.717, 1.165) is 9.13 Å².